The number of amides is 2. The summed E-state index contributed by atoms with van der Waals surface area (Å²) in [6.45, 7) is 6.45. The van der Waals surface area contributed by atoms with Crippen molar-refractivity contribution < 1.29 is 9.59 Å². The minimum atomic E-state index is -0.347. The van der Waals surface area contributed by atoms with Crippen LogP contribution in [0.15, 0.2) is 48.8 Å². The highest BCUT2D eigenvalue weighted by Crippen LogP contribution is 2.17. The van der Waals surface area contributed by atoms with Crippen LogP contribution in [-0.4, -0.2) is 21.8 Å². The number of aromatic nitrogens is 2. The summed E-state index contributed by atoms with van der Waals surface area (Å²) in [6.07, 6.45) is 2.21. The van der Waals surface area contributed by atoms with Gasteiger partial charge in [0.1, 0.15) is 17.7 Å². The smallest absolute Gasteiger partial charge is 0.270 e. The van der Waals surface area contributed by atoms with E-state index in [-0.39, 0.29) is 29.2 Å². The molecule has 0 saturated heterocycles. The van der Waals surface area contributed by atoms with Crippen molar-refractivity contribution in [3.05, 3.63) is 81.1 Å². The summed E-state index contributed by atoms with van der Waals surface area (Å²) in [5, 5.41) is 5.75. The highest BCUT2D eigenvalue weighted by Gasteiger charge is 2.16. The van der Waals surface area contributed by atoms with Crippen LogP contribution in [0.5, 0.6) is 0 Å². The Morgan fingerprint density at radius 1 is 1.00 bits per heavy atom. The number of nitrogens with zero attached hydrogens (tertiary/aromatic N) is 2. The van der Waals surface area contributed by atoms with E-state index in [0.717, 1.165) is 22.4 Å². The first kappa shape index (κ1) is 20.7. The molecule has 0 aliphatic rings. The molecule has 150 valence electrons. The minimum Gasteiger partial charge on any atom is -0.346 e. The summed E-state index contributed by atoms with van der Waals surface area (Å²) in [5.41, 5.74) is 2.49. The third-order valence-electron chi connectivity index (χ3n) is 4.55. The van der Waals surface area contributed by atoms with Crippen LogP contribution >= 0.6 is 11.3 Å². The number of benzene rings is 1. The van der Waals surface area contributed by atoms with E-state index >= 15 is 0 Å². The normalized spacial score (nSPS) is 11.7. The van der Waals surface area contributed by atoms with Gasteiger partial charge in [-0.2, -0.15) is 0 Å². The second kappa shape index (κ2) is 9.43. The van der Waals surface area contributed by atoms with Gasteiger partial charge < -0.3 is 10.6 Å². The van der Waals surface area contributed by atoms with Gasteiger partial charge in [0, 0.05) is 15.8 Å². The molecule has 0 radical (unpaired) electrons. The van der Waals surface area contributed by atoms with Crippen molar-refractivity contribution in [2.75, 3.05) is 0 Å². The van der Waals surface area contributed by atoms with Crippen LogP contribution in [0, 0.1) is 6.92 Å². The highest BCUT2D eigenvalue weighted by atomic mass is 32.1. The van der Waals surface area contributed by atoms with Gasteiger partial charge in [-0.05, 0) is 38.0 Å². The zero-order valence-corrected chi connectivity index (χ0v) is 17.5. The van der Waals surface area contributed by atoms with E-state index in [1.54, 1.807) is 11.3 Å². The van der Waals surface area contributed by atoms with Crippen molar-refractivity contribution >= 4 is 23.2 Å². The molecule has 0 aliphatic heterocycles. The van der Waals surface area contributed by atoms with Gasteiger partial charge in [-0.1, -0.05) is 36.8 Å². The van der Waals surface area contributed by atoms with Gasteiger partial charge in [-0.3, -0.25) is 9.59 Å². The van der Waals surface area contributed by atoms with Crippen LogP contribution in [0.4, 0.5) is 0 Å². The maximum absolute atomic E-state index is 12.6. The molecule has 29 heavy (non-hydrogen) atoms. The monoisotopic (exact) mass is 408 g/mol. The number of aryl methyl sites for hydroxylation is 2. The Balaban J connectivity index is 1.62. The number of hydrogen-bond donors (Lipinski definition) is 2. The number of hydrogen-bond acceptors (Lipinski definition) is 5. The van der Waals surface area contributed by atoms with Gasteiger partial charge in [0.25, 0.3) is 11.8 Å². The zero-order chi connectivity index (χ0) is 20.8. The molecule has 2 heterocycles. The molecule has 2 N–H and O–H groups in total. The molecule has 0 spiro atoms. The second-order valence-corrected chi connectivity index (χ2v) is 8.05. The van der Waals surface area contributed by atoms with E-state index in [0.29, 0.717) is 6.54 Å². The van der Waals surface area contributed by atoms with Crippen LogP contribution in [0.25, 0.3) is 0 Å². The SMILES string of the molecule is CCc1ccc(CNC(=O)c2cc(C(=O)N[C@@H](C)c3ccc(C)cc3)ncn2)s1. The fourth-order valence-corrected chi connectivity index (χ4v) is 3.68. The van der Waals surface area contributed by atoms with E-state index < -0.39 is 0 Å². The molecule has 3 rings (SSSR count). The Morgan fingerprint density at radius 3 is 2.31 bits per heavy atom. The van der Waals surface area contributed by atoms with Crippen molar-refractivity contribution in [2.24, 2.45) is 0 Å². The van der Waals surface area contributed by atoms with Crippen LogP contribution in [0.3, 0.4) is 0 Å². The number of thiophene rings is 1. The summed E-state index contributed by atoms with van der Waals surface area (Å²) in [7, 11) is 0. The van der Waals surface area contributed by atoms with Gasteiger partial charge in [0.05, 0.1) is 12.6 Å². The molecule has 0 bridgehead atoms. The first-order valence-electron chi connectivity index (χ1n) is 9.51. The maximum Gasteiger partial charge on any atom is 0.270 e. The lowest BCUT2D eigenvalue weighted by atomic mass is 10.1. The van der Waals surface area contributed by atoms with E-state index in [9.17, 15) is 9.59 Å². The Hall–Kier alpha value is -3.06. The summed E-state index contributed by atoms with van der Waals surface area (Å²) >= 11 is 1.67. The number of carbonyl (C=O) groups excluding carboxylic acids is 2. The molecule has 2 aromatic heterocycles. The lowest BCUT2D eigenvalue weighted by Gasteiger charge is -2.14. The van der Waals surface area contributed by atoms with Crippen molar-refractivity contribution in [3.63, 3.8) is 0 Å². The molecule has 0 fully saturated rings. The molecule has 3 aromatic rings. The molecule has 1 aromatic carbocycles. The van der Waals surface area contributed by atoms with Crippen molar-refractivity contribution in [2.45, 2.75) is 39.8 Å². The van der Waals surface area contributed by atoms with Crippen molar-refractivity contribution in [3.8, 4) is 0 Å². The molecule has 2 amide bonds. The van der Waals surface area contributed by atoms with E-state index in [2.05, 4.69) is 33.6 Å². The lowest BCUT2D eigenvalue weighted by Crippen LogP contribution is -2.29. The Kier molecular flexibility index (Phi) is 6.72. The Morgan fingerprint density at radius 2 is 1.66 bits per heavy atom. The summed E-state index contributed by atoms with van der Waals surface area (Å²) in [4.78, 5) is 35.3. The Labute approximate surface area is 174 Å². The standard InChI is InChI=1S/C22H24N4O2S/c1-4-17-9-10-18(29-17)12-23-21(27)19-11-20(25-13-24-19)22(28)26-15(3)16-7-5-14(2)6-8-16/h5-11,13,15H,4,12H2,1-3H3,(H,23,27)(H,26,28)/t15-/m0/s1. The van der Waals surface area contributed by atoms with Crippen LogP contribution in [-0.2, 0) is 13.0 Å². The summed E-state index contributed by atoms with van der Waals surface area (Å²) in [5.74, 6) is -0.681. The largest absolute Gasteiger partial charge is 0.346 e. The molecule has 0 aliphatic carbocycles. The first-order chi connectivity index (χ1) is 14.0. The predicted molar refractivity (Wildman–Crippen MR) is 114 cm³/mol. The molecular weight excluding hydrogens is 384 g/mol. The fraction of sp³-hybridized carbons (Fsp3) is 0.273. The van der Waals surface area contributed by atoms with E-state index in [1.807, 2.05) is 44.2 Å². The minimum absolute atomic E-state index is 0.161. The average Bonchev–Trinajstić information content (AvgIpc) is 3.20. The van der Waals surface area contributed by atoms with Crippen LogP contribution in [0.2, 0.25) is 0 Å². The highest BCUT2D eigenvalue weighted by molar-refractivity contribution is 7.11. The van der Waals surface area contributed by atoms with Gasteiger partial charge in [0.15, 0.2) is 0 Å². The van der Waals surface area contributed by atoms with Gasteiger partial charge in [-0.15, -0.1) is 11.3 Å². The first-order valence-corrected chi connectivity index (χ1v) is 10.3. The van der Waals surface area contributed by atoms with Gasteiger partial charge >= 0.3 is 0 Å². The molecule has 0 saturated carbocycles. The molecule has 0 unspecified atom stereocenters. The number of nitrogens with one attached hydrogen (secondary N) is 2. The number of carbonyl (C=O) groups is 2. The van der Waals surface area contributed by atoms with Gasteiger partial charge in [-0.25, -0.2) is 9.97 Å². The topological polar surface area (TPSA) is 84.0 Å². The lowest BCUT2D eigenvalue weighted by molar-refractivity contribution is 0.0934. The Bertz CT molecular complexity index is 998. The molecular formula is C22H24N4O2S. The van der Waals surface area contributed by atoms with Crippen LogP contribution in [0.1, 0.15) is 61.7 Å². The molecule has 7 heteroatoms. The third-order valence-corrected chi connectivity index (χ3v) is 5.78. The summed E-state index contributed by atoms with van der Waals surface area (Å²) in [6, 6.07) is 13.3. The van der Waals surface area contributed by atoms with Crippen LogP contribution < -0.4 is 10.6 Å². The predicted octanol–water partition coefficient (Wildman–Crippen LogP) is 3.83. The van der Waals surface area contributed by atoms with Crippen molar-refractivity contribution in [1.82, 2.24) is 20.6 Å². The molecule has 6 nitrogen and oxygen atoms in total. The molecule has 1 atom stereocenters. The van der Waals surface area contributed by atoms with E-state index in [4.69, 9.17) is 0 Å². The third kappa shape index (κ3) is 5.48. The average molecular weight is 409 g/mol. The summed E-state index contributed by atoms with van der Waals surface area (Å²) < 4.78 is 0. The quantitative estimate of drug-likeness (QED) is 0.622. The fourth-order valence-electron chi connectivity index (χ4n) is 2.78. The number of rotatable bonds is 7. The van der Waals surface area contributed by atoms with E-state index in [1.165, 1.54) is 17.3 Å². The maximum atomic E-state index is 12.6. The zero-order valence-electron chi connectivity index (χ0n) is 16.7. The van der Waals surface area contributed by atoms with Crippen molar-refractivity contribution in [1.29, 1.82) is 0 Å². The van der Waals surface area contributed by atoms with Gasteiger partial charge in [0.2, 0.25) is 0 Å². The second-order valence-electron chi connectivity index (χ2n) is 6.80.